The first-order valence-corrected chi connectivity index (χ1v) is 8.95. The summed E-state index contributed by atoms with van der Waals surface area (Å²) in [6.07, 6.45) is 5.61. The van der Waals surface area contributed by atoms with Gasteiger partial charge in [0, 0.05) is 25.7 Å². The van der Waals surface area contributed by atoms with Crippen LogP contribution in [0, 0.1) is 5.82 Å². The number of oxazole rings is 1. The zero-order chi connectivity index (χ0) is 18.6. The molecular formula is C20H19FN4O2. The van der Waals surface area contributed by atoms with E-state index in [4.69, 9.17) is 4.42 Å². The average molecular weight is 366 g/mol. The van der Waals surface area contributed by atoms with Crippen LogP contribution in [0.5, 0.6) is 0 Å². The quantitative estimate of drug-likeness (QED) is 0.709. The van der Waals surface area contributed by atoms with Crippen LogP contribution in [0.4, 0.5) is 4.39 Å². The Balaban J connectivity index is 1.43. The molecule has 2 aromatic heterocycles. The smallest absolute Gasteiger partial charge is 0.274 e. The van der Waals surface area contributed by atoms with Crippen LogP contribution < -0.4 is 0 Å². The van der Waals surface area contributed by atoms with Crippen LogP contribution in [0.25, 0.3) is 0 Å². The fourth-order valence-electron chi connectivity index (χ4n) is 3.34. The summed E-state index contributed by atoms with van der Waals surface area (Å²) in [5.74, 6) is 1.05. The summed E-state index contributed by atoms with van der Waals surface area (Å²) in [7, 11) is 0. The number of aromatic nitrogens is 3. The van der Waals surface area contributed by atoms with Crippen LogP contribution in [0.15, 0.2) is 53.2 Å². The Labute approximate surface area is 156 Å². The SMILES string of the molecule is O=C(c1cccnn1)N1CCC[C@@H](c2ncc(Cc3ccc(F)cc3)o2)C1. The zero-order valence-electron chi connectivity index (χ0n) is 14.7. The first-order valence-electron chi connectivity index (χ1n) is 8.95. The van der Waals surface area contributed by atoms with E-state index in [1.807, 2.05) is 0 Å². The molecule has 27 heavy (non-hydrogen) atoms. The molecule has 3 aromatic rings. The van der Waals surface area contributed by atoms with Gasteiger partial charge < -0.3 is 9.32 Å². The van der Waals surface area contributed by atoms with E-state index in [9.17, 15) is 9.18 Å². The van der Waals surface area contributed by atoms with E-state index >= 15 is 0 Å². The number of piperidine rings is 1. The van der Waals surface area contributed by atoms with Gasteiger partial charge in [-0.25, -0.2) is 9.37 Å². The molecule has 1 aliphatic rings. The van der Waals surface area contributed by atoms with Gasteiger partial charge in [-0.3, -0.25) is 4.79 Å². The Morgan fingerprint density at radius 1 is 1.26 bits per heavy atom. The molecule has 1 saturated heterocycles. The highest BCUT2D eigenvalue weighted by Gasteiger charge is 2.29. The molecule has 0 aliphatic carbocycles. The Kier molecular flexibility index (Phi) is 4.91. The molecule has 138 valence electrons. The minimum absolute atomic E-state index is 0.0568. The number of likely N-dealkylation sites (tertiary alicyclic amines) is 1. The topological polar surface area (TPSA) is 72.1 Å². The Morgan fingerprint density at radius 2 is 2.11 bits per heavy atom. The number of hydrogen-bond acceptors (Lipinski definition) is 5. The number of hydrogen-bond donors (Lipinski definition) is 0. The van der Waals surface area contributed by atoms with Crippen LogP contribution in [0.2, 0.25) is 0 Å². The van der Waals surface area contributed by atoms with E-state index in [0.717, 1.165) is 24.2 Å². The third-order valence-electron chi connectivity index (χ3n) is 4.71. The summed E-state index contributed by atoms with van der Waals surface area (Å²) < 4.78 is 18.9. The molecule has 3 heterocycles. The lowest BCUT2D eigenvalue weighted by atomic mass is 9.97. The maximum Gasteiger partial charge on any atom is 0.274 e. The number of benzene rings is 1. The lowest BCUT2D eigenvalue weighted by Crippen LogP contribution is -2.39. The molecule has 0 unspecified atom stereocenters. The van der Waals surface area contributed by atoms with Crippen molar-refractivity contribution >= 4 is 5.91 Å². The second-order valence-corrected chi connectivity index (χ2v) is 6.67. The summed E-state index contributed by atoms with van der Waals surface area (Å²) >= 11 is 0. The van der Waals surface area contributed by atoms with Crippen molar-refractivity contribution in [3.63, 3.8) is 0 Å². The van der Waals surface area contributed by atoms with Gasteiger partial charge in [-0.1, -0.05) is 12.1 Å². The van der Waals surface area contributed by atoms with E-state index in [0.29, 0.717) is 31.1 Å². The summed E-state index contributed by atoms with van der Waals surface area (Å²) in [5, 5.41) is 7.68. The highest BCUT2D eigenvalue weighted by molar-refractivity contribution is 5.92. The van der Waals surface area contributed by atoms with Crippen LogP contribution in [0.3, 0.4) is 0 Å². The summed E-state index contributed by atoms with van der Waals surface area (Å²) in [4.78, 5) is 18.8. The van der Waals surface area contributed by atoms with E-state index < -0.39 is 0 Å². The van der Waals surface area contributed by atoms with Crippen LogP contribution >= 0.6 is 0 Å². The second-order valence-electron chi connectivity index (χ2n) is 6.67. The van der Waals surface area contributed by atoms with Crippen molar-refractivity contribution in [2.24, 2.45) is 0 Å². The van der Waals surface area contributed by atoms with Gasteiger partial charge >= 0.3 is 0 Å². The monoisotopic (exact) mass is 366 g/mol. The molecule has 1 amide bonds. The Morgan fingerprint density at radius 3 is 2.89 bits per heavy atom. The number of rotatable bonds is 4. The number of nitrogens with zero attached hydrogens (tertiary/aromatic N) is 4. The van der Waals surface area contributed by atoms with Crippen molar-refractivity contribution in [2.45, 2.75) is 25.2 Å². The van der Waals surface area contributed by atoms with Gasteiger partial charge in [0.25, 0.3) is 5.91 Å². The Hall–Kier alpha value is -3.09. The highest BCUT2D eigenvalue weighted by Crippen LogP contribution is 2.28. The van der Waals surface area contributed by atoms with Crippen molar-refractivity contribution < 1.29 is 13.6 Å². The van der Waals surface area contributed by atoms with Crippen molar-refractivity contribution in [2.75, 3.05) is 13.1 Å². The molecule has 1 fully saturated rings. The van der Waals surface area contributed by atoms with E-state index in [1.54, 1.807) is 41.6 Å². The lowest BCUT2D eigenvalue weighted by Gasteiger charge is -2.30. The Bertz CT molecular complexity index is 911. The summed E-state index contributed by atoms with van der Waals surface area (Å²) in [6, 6.07) is 9.72. The molecule has 1 aliphatic heterocycles. The highest BCUT2D eigenvalue weighted by atomic mass is 19.1. The molecule has 4 rings (SSSR count). The van der Waals surface area contributed by atoms with Gasteiger partial charge in [0.1, 0.15) is 11.6 Å². The zero-order valence-corrected chi connectivity index (χ0v) is 14.7. The largest absolute Gasteiger partial charge is 0.445 e. The molecule has 7 heteroatoms. The number of carbonyl (C=O) groups is 1. The molecule has 0 radical (unpaired) electrons. The number of amides is 1. The number of halogens is 1. The third kappa shape index (κ3) is 4.02. The van der Waals surface area contributed by atoms with Crippen LogP contribution in [-0.4, -0.2) is 39.1 Å². The predicted molar refractivity (Wildman–Crippen MR) is 95.6 cm³/mol. The van der Waals surface area contributed by atoms with Gasteiger partial charge in [0.05, 0.1) is 12.1 Å². The molecule has 0 N–H and O–H groups in total. The van der Waals surface area contributed by atoms with Crippen molar-refractivity contribution in [3.8, 4) is 0 Å². The molecule has 1 atom stereocenters. The number of carbonyl (C=O) groups excluding carboxylic acids is 1. The van der Waals surface area contributed by atoms with E-state index in [1.165, 1.54) is 12.1 Å². The van der Waals surface area contributed by atoms with Gasteiger partial charge in [0.15, 0.2) is 11.6 Å². The minimum atomic E-state index is -0.257. The van der Waals surface area contributed by atoms with Gasteiger partial charge in [-0.05, 0) is 42.7 Å². The van der Waals surface area contributed by atoms with E-state index in [2.05, 4.69) is 15.2 Å². The van der Waals surface area contributed by atoms with Crippen LogP contribution in [-0.2, 0) is 6.42 Å². The van der Waals surface area contributed by atoms with Gasteiger partial charge in [0.2, 0.25) is 0 Å². The lowest BCUT2D eigenvalue weighted by molar-refractivity contribution is 0.0690. The first-order chi connectivity index (χ1) is 13.2. The third-order valence-corrected chi connectivity index (χ3v) is 4.71. The maximum atomic E-state index is 13.0. The minimum Gasteiger partial charge on any atom is -0.445 e. The maximum absolute atomic E-state index is 13.0. The summed E-state index contributed by atoms with van der Waals surface area (Å²) in [5.41, 5.74) is 1.31. The van der Waals surface area contributed by atoms with Gasteiger partial charge in [-0.2, -0.15) is 5.10 Å². The molecule has 0 bridgehead atoms. The van der Waals surface area contributed by atoms with Gasteiger partial charge in [-0.15, -0.1) is 5.10 Å². The fourth-order valence-corrected chi connectivity index (χ4v) is 3.34. The fraction of sp³-hybridized carbons (Fsp3) is 0.300. The molecular weight excluding hydrogens is 347 g/mol. The molecule has 6 nitrogen and oxygen atoms in total. The van der Waals surface area contributed by atoms with Crippen LogP contribution in [0.1, 0.15) is 46.5 Å². The normalized spacial score (nSPS) is 17.1. The predicted octanol–water partition coefficient (Wildman–Crippen LogP) is 3.21. The first kappa shape index (κ1) is 17.3. The van der Waals surface area contributed by atoms with E-state index in [-0.39, 0.29) is 17.6 Å². The van der Waals surface area contributed by atoms with Crippen molar-refractivity contribution in [1.29, 1.82) is 0 Å². The molecule has 0 spiro atoms. The summed E-state index contributed by atoms with van der Waals surface area (Å²) in [6.45, 7) is 1.24. The molecule has 0 saturated carbocycles. The average Bonchev–Trinajstić information content (AvgIpc) is 3.18. The van der Waals surface area contributed by atoms with Crippen molar-refractivity contribution in [3.05, 3.63) is 77.5 Å². The molecule has 1 aromatic carbocycles. The van der Waals surface area contributed by atoms with Crippen molar-refractivity contribution in [1.82, 2.24) is 20.1 Å². The second kappa shape index (κ2) is 7.65. The standard InChI is InChI=1S/C20H19FN4O2/c21-16-7-5-14(6-8-16)11-17-12-22-19(27-17)15-3-2-10-25(13-15)20(26)18-4-1-9-23-24-18/h1,4-9,12,15H,2-3,10-11,13H2/t15-/m1/s1.